The van der Waals surface area contributed by atoms with Gasteiger partial charge in [-0.1, -0.05) is 54.6 Å². The molecule has 0 aliphatic heterocycles. The number of rotatable bonds is 8. The van der Waals surface area contributed by atoms with Crippen LogP contribution in [-0.2, 0) is 16.1 Å². The van der Waals surface area contributed by atoms with Crippen molar-refractivity contribution >= 4 is 29.5 Å². The molecule has 0 fully saturated rings. The van der Waals surface area contributed by atoms with E-state index in [1.807, 2.05) is 0 Å². The molecule has 0 saturated heterocycles. The van der Waals surface area contributed by atoms with Crippen LogP contribution in [0.5, 0.6) is 5.75 Å². The summed E-state index contributed by atoms with van der Waals surface area (Å²) in [5.74, 6) is -0.857. The Balaban J connectivity index is 1.78. The Labute approximate surface area is 191 Å². The van der Waals surface area contributed by atoms with Crippen molar-refractivity contribution in [3.8, 4) is 5.75 Å². The van der Waals surface area contributed by atoms with Crippen molar-refractivity contribution in [1.82, 2.24) is 10.8 Å². The lowest BCUT2D eigenvalue weighted by molar-refractivity contribution is -0.124. The Hall–Kier alpha value is -4.23. The highest BCUT2D eigenvalue weighted by Crippen LogP contribution is 2.23. The van der Waals surface area contributed by atoms with E-state index < -0.39 is 17.6 Å². The third-order valence-electron chi connectivity index (χ3n) is 4.81. The Morgan fingerprint density at radius 1 is 0.970 bits per heavy atom. The first kappa shape index (κ1) is 23.4. The smallest absolute Gasteiger partial charge is 0.267 e. The monoisotopic (exact) mass is 446 g/mol. The lowest BCUT2D eigenvalue weighted by atomic mass is 10.0. The molecular formula is C26H23FN2O4. The molecule has 0 radical (unpaired) electrons. The Kier molecular flexibility index (Phi) is 8.10. The number of amides is 2. The molecule has 0 saturated carbocycles. The lowest BCUT2D eigenvalue weighted by Crippen LogP contribution is -2.24. The molecule has 0 aliphatic rings. The summed E-state index contributed by atoms with van der Waals surface area (Å²) in [5.41, 5.74) is 4.23. The fourth-order valence-electron chi connectivity index (χ4n) is 3.05. The van der Waals surface area contributed by atoms with Gasteiger partial charge in [-0.3, -0.25) is 14.8 Å². The number of hydroxylamine groups is 1. The van der Waals surface area contributed by atoms with Gasteiger partial charge in [0, 0.05) is 18.2 Å². The molecule has 3 rings (SSSR count). The summed E-state index contributed by atoms with van der Waals surface area (Å²) >= 11 is 0. The van der Waals surface area contributed by atoms with Gasteiger partial charge in [-0.2, -0.15) is 0 Å². The molecule has 0 aromatic heterocycles. The number of carbonyl (C=O) groups is 2. The van der Waals surface area contributed by atoms with Crippen LogP contribution in [0.1, 0.15) is 22.3 Å². The molecule has 168 valence electrons. The molecular weight excluding hydrogens is 423 g/mol. The number of methoxy groups -OCH3 is 1. The van der Waals surface area contributed by atoms with Gasteiger partial charge in [0.2, 0.25) is 0 Å². The quantitative estimate of drug-likeness (QED) is 0.209. The largest absolute Gasteiger partial charge is 0.497 e. The molecule has 0 spiro atoms. The van der Waals surface area contributed by atoms with E-state index in [1.54, 1.807) is 86.0 Å². The molecule has 0 aliphatic carbocycles. The Morgan fingerprint density at radius 3 is 2.27 bits per heavy atom. The minimum Gasteiger partial charge on any atom is -0.497 e. The van der Waals surface area contributed by atoms with E-state index in [4.69, 9.17) is 9.94 Å². The summed E-state index contributed by atoms with van der Waals surface area (Å²) in [6, 6.07) is 20.4. The molecule has 2 amide bonds. The maximum absolute atomic E-state index is 14.5. The van der Waals surface area contributed by atoms with Crippen LogP contribution >= 0.6 is 0 Å². The number of hydrogen-bond donors (Lipinski definition) is 3. The predicted molar refractivity (Wildman–Crippen MR) is 125 cm³/mol. The Morgan fingerprint density at radius 2 is 1.64 bits per heavy atom. The van der Waals surface area contributed by atoms with Gasteiger partial charge in [-0.25, -0.2) is 9.87 Å². The van der Waals surface area contributed by atoms with E-state index in [-0.39, 0.29) is 17.7 Å². The number of ether oxygens (including phenoxy) is 1. The SMILES string of the molecule is COc1ccc(C=C(C(=O)NCc2ccc(C=CC(=O)NO)cc2)c2ccccc2F)cc1. The summed E-state index contributed by atoms with van der Waals surface area (Å²) in [4.78, 5) is 24.1. The third-order valence-corrected chi connectivity index (χ3v) is 4.81. The molecule has 3 aromatic rings. The lowest BCUT2D eigenvalue weighted by Gasteiger charge is -2.11. The van der Waals surface area contributed by atoms with Crippen molar-refractivity contribution in [2.45, 2.75) is 6.54 Å². The van der Waals surface area contributed by atoms with Crippen LogP contribution in [0.4, 0.5) is 4.39 Å². The number of hydrogen-bond acceptors (Lipinski definition) is 4. The van der Waals surface area contributed by atoms with Crippen LogP contribution in [0.3, 0.4) is 0 Å². The summed E-state index contributed by atoms with van der Waals surface area (Å²) in [6.45, 7) is 0.231. The van der Waals surface area contributed by atoms with Crippen molar-refractivity contribution < 1.29 is 23.9 Å². The van der Waals surface area contributed by atoms with Gasteiger partial charge in [0.05, 0.1) is 12.7 Å². The van der Waals surface area contributed by atoms with E-state index in [1.165, 1.54) is 17.6 Å². The van der Waals surface area contributed by atoms with Crippen molar-refractivity contribution in [3.05, 3.63) is 107 Å². The molecule has 0 atom stereocenters. The topological polar surface area (TPSA) is 87.7 Å². The van der Waals surface area contributed by atoms with Crippen LogP contribution < -0.4 is 15.5 Å². The zero-order valence-corrected chi connectivity index (χ0v) is 17.9. The molecule has 3 aromatic carbocycles. The van der Waals surface area contributed by atoms with Crippen LogP contribution in [0.2, 0.25) is 0 Å². The van der Waals surface area contributed by atoms with Gasteiger partial charge in [0.15, 0.2) is 0 Å². The van der Waals surface area contributed by atoms with Crippen LogP contribution in [-0.4, -0.2) is 24.1 Å². The van der Waals surface area contributed by atoms with E-state index in [9.17, 15) is 14.0 Å². The second kappa shape index (κ2) is 11.4. The highest BCUT2D eigenvalue weighted by atomic mass is 19.1. The first-order valence-corrected chi connectivity index (χ1v) is 10.1. The fourth-order valence-corrected chi connectivity index (χ4v) is 3.05. The standard InChI is InChI=1S/C26H23FN2O4/c1-33-21-13-10-19(11-14-21)16-23(22-4-2-3-5-24(22)27)26(31)28-17-20-8-6-18(7-9-20)12-15-25(30)29-32/h2-16,32H,17H2,1H3,(H,28,31)(H,29,30). The highest BCUT2D eigenvalue weighted by molar-refractivity contribution is 6.24. The number of carbonyl (C=O) groups excluding carboxylic acids is 2. The van der Waals surface area contributed by atoms with Gasteiger partial charge < -0.3 is 10.1 Å². The molecule has 0 heterocycles. The first-order chi connectivity index (χ1) is 16.0. The van der Waals surface area contributed by atoms with Gasteiger partial charge in [-0.05, 0) is 47.0 Å². The zero-order chi connectivity index (χ0) is 23.6. The van der Waals surface area contributed by atoms with Gasteiger partial charge in [0.25, 0.3) is 11.8 Å². The average molecular weight is 446 g/mol. The van der Waals surface area contributed by atoms with E-state index >= 15 is 0 Å². The van der Waals surface area contributed by atoms with E-state index in [0.717, 1.165) is 16.7 Å². The van der Waals surface area contributed by atoms with Crippen LogP contribution in [0, 0.1) is 5.82 Å². The highest BCUT2D eigenvalue weighted by Gasteiger charge is 2.16. The zero-order valence-electron chi connectivity index (χ0n) is 17.9. The molecule has 0 bridgehead atoms. The second-order valence-corrected chi connectivity index (χ2v) is 7.04. The first-order valence-electron chi connectivity index (χ1n) is 10.1. The van der Waals surface area contributed by atoms with E-state index in [2.05, 4.69) is 5.32 Å². The minimum absolute atomic E-state index is 0.202. The molecule has 7 heteroatoms. The van der Waals surface area contributed by atoms with Gasteiger partial charge >= 0.3 is 0 Å². The molecule has 6 nitrogen and oxygen atoms in total. The van der Waals surface area contributed by atoms with Crippen molar-refractivity contribution in [2.24, 2.45) is 0 Å². The molecule has 0 unspecified atom stereocenters. The number of halogens is 1. The van der Waals surface area contributed by atoms with Crippen molar-refractivity contribution in [2.75, 3.05) is 7.11 Å². The second-order valence-electron chi connectivity index (χ2n) is 7.04. The van der Waals surface area contributed by atoms with E-state index in [0.29, 0.717) is 5.75 Å². The third kappa shape index (κ3) is 6.62. The van der Waals surface area contributed by atoms with Crippen molar-refractivity contribution in [3.63, 3.8) is 0 Å². The summed E-state index contributed by atoms with van der Waals surface area (Å²) < 4.78 is 19.7. The van der Waals surface area contributed by atoms with Crippen LogP contribution in [0.25, 0.3) is 17.7 Å². The van der Waals surface area contributed by atoms with Crippen LogP contribution in [0.15, 0.2) is 78.9 Å². The Bertz CT molecular complexity index is 1170. The maximum atomic E-state index is 14.5. The van der Waals surface area contributed by atoms with Gasteiger partial charge in [-0.15, -0.1) is 0 Å². The fraction of sp³-hybridized carbons (Fsp3) is 0.0769. The van der Waals surface area contributed by atoms with Crippen molar-refractivity contribution in [1.29, 1.82) is 0 Å². The normalized spacial score (nSPS) is 11.3. The summed E-state index contributed by atoms with van der Waals surface area (Å²) in [5, 5.41) is 11.3. The molecule has 3 N–H and O–H groups in total. The average Bonchev–Trinajstić information content (AvgIpc) is 2.86. The van der Waals surface area contributed by atoms with Gasteiger partial charge in [0.1, 0.15) is 11.6 Å². The minimum atomic E-state index is -0.629. The predicted octanol–water partition coefficient (Wildman–Crippen LogP) is 4.21. The summed E-state index contributed by atoms with van der Waals surface area (Å²) in [7, 11) is 1.57. The maximum Gasteiger partial charge on any atom is 0.267 e. The number of nitrogens with one attached hydrogen (secondary N) is 2. The summed E-state index contributed by atoms with van der Waals surface area (Å²) in [6.07, 6.45) is 4.37. The molecule has 33 heavy (non-hydrogen) atoms. The number of benzene rings is 3.